The quantitative estimate of drug-likeness (QED) is 0.804. The highest BCUT2D eigenvalue weighted by molar-refractivity contribution is 7.16. The molecular weight excluding hydrogens is 218 g/mol. The highest BCUT2D eigenvalue weighted by Gasteiger charge is 2.20. The van der Waals surface area contributed by atoms with Gasteiger partial charge in [0.15, 0.2) is 0 Å². The standard InChI is InChI=1S/C13H15NOS/c1-2-9-6-11(15-10-4-3-5-10)13-12(7-9)16-8-14-13/h6-8,10H,2-5H2,1H3. The van der Waals surface area contributed by atoms with Gasteiger partial charge in [-0.3, -0.25) is 0 Å². The van der Waals surface area contributed by atoms with Gasteiger partial charge in [0.05, 0.1) is 16.3 Å². The Morgan fingerprint density at radius 2 is 2.31 bits per heavy atom. The second kappa shape index (κ2) is 4.06. The van der Waals surface area contributed by atoms with Crippen LogP contribution in [0.4, 0.5) is 0 Å². The van der Waals surface area contributed by atoms with E-state index in [0.29, 0.717) is 6.10 Å². The Bertz CT molecular complexity index is 502. The van der Waals surface area contributed by atoms with Crippen LogP contribution in [0.2, 0.25) is 0 Å². The van der Waals surface area contributed by atoms with Crippen molar-refractivity contribution in [1.82, 2.24) is 4.98 Å². The zero-order chi connectivity index (χ0) is 11.0. The Hall–Kier alpha value is -1.09. The van der Waals surface area contributed by atoms with Crippen LogP contribution in [0, 0.1) is 0 Å². The number of benzene rings is 1. The summed E-state index contributed by atoms with van der Waals surface area (Å²) in [5, 5.41) is 0. The summed E-state index contributed by atoms with van der Waals surface area (Å²) in [6.07, 6.45) is 5.17. The lowest BCUT2D eigenvalue weighted by Crippen LogP contribution is -2.24. The molecule has 0 spiro atoms. The van der Waals surface area contributed by atoms with Gasteiger partial charge in [-0.1, -0.05) is 6.92 Å². The van der Waals surface area contributed by atoms with Crippen LogP contribution >= 0.6 is 11.3 Å². The van der Waals surface area contributed by atoms with Crippen molar-refractivity contribution in [3.8, 4) is 5.75 Å². The summed E-state index contributed by atoms with van der Waals surface area (Å²) in [5.74, 6) is 0.986. The SMILES string of the molecule is CCc1cc(OC2CCC2)c2ncsc2c1. The fraction of sp³-hybridized carbons (Fsp3) is 0.462. The van der Waals surface area contributed by atoms with Gasteiger partial charge in [-0.25, -0.2) is 4.98 Å². The number of hydrogen-bond acceptors (Lipinski definition) is 3. The lowest BCUT2D eigenvalue weighted by Gasteiger charge is -2.26. The number of aromatic nitrogens is 1. The first kappa shape index (κ1) is 10.1. The summed E-state index contributed by atoms with van der Waals surface area (Å²) in [6, 6.07) is 4.38. The summed E-state index contributed by atoms with van der Waals surface area (Å²) >= 11 is 1.69. The van der Waals surface area contributed by atoms with Gasteiger partial charge in [-0.2, -0.15) is 0 Å². The first-order valence-corrected chi connectivity index (χ1v) is 6.77. The van der Waals surface area contributed by atoms with Crippen LogP contribution in [0.5, 0.6) is 5.75 Å². The van der Waals surface area contributed by atoms with E-state index >= 15 is 0 Å². The molecule has 2 nitrogen and oxygen atoms in total. The van der Waals surface area contributed by atoms with Crippen molar-refractivity contribution in [3.05, 3.63) is 23.2 Å². The lowest BCUT2D eigenvalue weighted by atomic mass is 9.96. The Morgan fingerprint density at radius 3 is 3.00 bits per heavy atom. The van der Waals surface area contributed by atoms with Gasteiger partial charge in [-0.15, -0.1) is 11.3 Å². The summed E-state index contributed by atoms with van der Waals surface area (Å²) in [6.45, 7) is 2.18. The molecule has 2 aromatic rings. The third kappa shape index (κ3) is 1.69. The molecule has 1 fully saturated rings. The highest BCUT2D eigenvalue weighted by atomic mass is 32.1. The van der Waals surface area contributed by atoms with E-state index in [1.807, 2.05) is 5.51 Å². The number of fused-ring (bicyclic) bond motifs is 1. The maximum atomic E-state index is 6.01. The molecule has 0 atom stereocenters. The van der Waals surface area contributed by atoms with Gasteiger partial charge in [0.1, 0.15) is 11.3 Å². The van der Waals surface area contributed by atoms with Gasteiger partial charge in [0.25, 0.3) is 0 Å². The first-order chi connectivity index (χ1) is 7.86. The van der Waals surface area contributed by atoms with Crippen LogP contribution in [0.25, 0.3) is 10.2 Å². The number of nitrogens with zero attached hydrogens (tertiary/aromatic N) is 1. The van der Waals surface area contributed by atoms with Crippen LogP contribution in [0.3, 0.4) is 0 Å². The van der Waals surface area contributed by atoms with E-state index in [2.05, 4.69) is 24.0 Å². The van der Waals surface area contributed by atoms with Crippen molar-refractivity contribution >= 4 is 21.6 Å². The Kier molecular flexibility index (Phi) is 2.56. The van der Waals surface area contributed by atoms with Gasteiger partial charge in [0.2, 0.25) is 0 Å². The first-order valence-electron chi connectivity index (χ1n) is 5.89. The van der Waals surface area contributed by atoms with Gasteiger partial charge < -0.3 is 4.74 Å². The van der Waals surface area contributed by atoms with Crippen LogP contribution in [-0.4, -0.2) is 11.1 Å². The van der Waals surface area contributed by atoms with Crippen LogP contribution < -0.4 is 4.74 Å². The normalized spacial score (nSPS) is 16.3. The molecule has 0 radical (unpaired) electrons. The minimum Gasteiger partial charge on any atom is -0.488 e. The molecule has 0 N–H and O–H groups in total. The summed E-state index contributed by atoms with van der Waals surface area (Å²) in [4.78, 5) is 4.40. The van der Waals surface area contributed by atoms with Crippen LogP contribution in [-0.2, 0) is 6.42 Å². The molecule has 1 saturated carbocycles. The van der Waals surface area contributed by atoms with E-state index in [4.69, 9.17) is 4.74 Å². The third-order valence-corrected chi connectivity index (χ3v) is 3.99. The maximum Gasteiger partial charge on any atom is 0.147 e. The van der Waals surface area contributed by atoms with Gasteiger partial charge in [0, 0.05) is 0 Å². The third-order valence-electron chi connectivity index (χ3n) is 3.22. The summed E-state index contributed by atoms with van der Waals surface area (Å²) in [5.41, 5.74) is 4.28. The van der Waals surface area contributed by atoms with Crippen molar-refractivity contribution in [3.63, 3.8) is 0 Å². The van der Waals surface area contributed by atoms with E-state index in [1.165, 1.54) is 29.5 Å². The lowest BCUT2D eigenvalue weighted by molar-refractivity contribution is 0.122. The van der Waals surface area contributed by atoms with Crippen molar-refractivity contribution in [1.29, 1.82) is 0 Å². The second-order valence-electron chi connectivity index (χ2n) is 4.32. The molecule has 16 heavy (non-hydrogen) atoms. The van der Waals surface area contributed by atoms with Crippen molar-refractivity contribution in [2.24, 2.45) is 0 Å². The number of thiazole rings is 1. The number of ether oxygens (including phenoxy) is 1. The van der Waals surface area contributed by atoms with E-state index in [0.717, 1.165) is 17.7 Å². The van der Waals surface area contributed by atoms with E-state index in [1.54, 1.807) is 11.3 Å². The number of aryl methyl sites for hydroxylation is 1. The fourth-order valence-electron chi connectivity index (χ4n) is 1.95. The summed E-state index contributed by atoms with van der Waals surface area (Å²) in [7, 11) is 0. The van der Waals surface area contributed by atoms with Crippen LogP contribution in [0.15, 0.2) is 17.6 Å². The van der Waals surface area contributed by atoms with E-state index < -0.39 is 0 Å². The predicted octanol–water partition coefficient (Wildman–Crippen LogP) is 3.79. The van der Waals surface area contributed by atoms with E-state index in [-0.39, 0.29) is 0 Å². The molecule has 1 aromatic carbocycles. The maximum absolute atomic E-state index is 6.01. The number of rotatable bonds is 3. The molecule has 0 unspecified atom stereocenters. The Morgan fingerprint density at radius 1 is 1.44 bits per heavy atom. The predicted molar refractivity (Wildman–Crippen MR) is 67.3 cm³/mol. The van der Waals surface area contributed by atoms with Gasteiger partial charge in [-0.05, 0) is 43.4 Å². The highest BCUT2D eigenvalue weighted by Crippen LogP contribution is 2.33. The molecule has 1 heterocycles. The smallest absolute Gasteiger partial charge is 0.147 e. The minimum atomic E-state index is 0.428. The average molecular weight is 233 g/mol. The zero-order valence-electron chi connectivity index (χ0n) is 9.40. The summed E-state index contributed by atoms with van der Waals surface area (Å²) < 4.78 is 7.25. The minimum absolute atomic E-state index is 0.428. The van der Waals surface area contributed by atoms with Crippen LogP contribution in [0.1, 0.15) is 31.7 Å². The van der Waals surface area contributed by atoms with Gasteiger partial charge >= 0.3 is 0 Å². The van der Waals surface area contributed by atoms with Crippen molar-refractivity contribution < 1.29 is 4.74 Å². The zero-order valence-corrected chi connectivity index (χ0v) is 10.2. The number of hydrogen-bond donors (Lipinski definition) is 0. The molecule has 1 aliphatic rings. The molecule has 84 valence electrons. The molecule has 1 aliphatic carbocycles. The topological polar surface area (TPSA) is 22.1 Å². The Balaban J connectivity index is 2.01. The van der Waals surface area contributed by atoms with Crippen molar-refractivity contribution in [2.75, 3.05) is 0 Å². The largest absolute Gasteiger partial charge is 0.488 e. The molecule has 0 saturated heterocycles. The molecular formula is C13H15NOS. The monoisotopic (exact) mass is 233 g/mol. The fourth-order valence-corrected chi connectivity index (χ4v) is 2.71. The molecule has 3 heteroatoms. The average Bonchev–Trinajstić information content (AvgIpc) is 2.70. The molecule has 0 bridgehead atoms. The molecule has 0 amide bonds. The van der Waals surface area contributed by atoms with E-state index in [9.17, 15) is 0 Å². The molecule has 1 aromatic heterocycles. The Labute approximate surface area is 99.3 Å². The molecule has 0 aliphatic heterocycles. The molecule has 3 rings (SSSR count). The van der Waals surface area contributed by atoms with Crippen molar-refractivity contribution in [2.45, 2.75) is 38.7 Å². The second-order valence-corrected chi connectivity index (χ2v) is 5.20.